The molecule has 2 aromatic heterocycles. The number of hydrogen-bond acceptors (Lipinski definition) is 8. The van der Waals surface area contributed by atoms with E-state index in [4.69, 9.17) is 26.0 Å². The maximum Gasteiger partial charge on any atom is 0.429 e. The first-order valence-corrected chi connectivity index (χ1v) is 11.2. The number of anilines is 1. The molecule has 2 atom stereocenters. The molecule has 0 spiro atoms. The van der Waals surface area contributed by atoms with Crippen molar-refractivity contribution in [2.24, 2.45) is 5.73 Å². The van der Waals surface area contributed by atoms with E-state index in [1.165, 1.54) is 36.5 Å². The number of carbonyl (C=O) groups is 1. The van der Waals surface area contributed by atoms with Crippen LogP contribution in [0, 0.1) is 0 Å². The number of alkyl halides is 3. The first-order chi connectivity index (χ1) is 18.1. The minimum Gasteiger partial charge on any atom is -0.480 e. The summed E-state index contributed by atoms with van der Waals surface area (Å²) in [6.07, 6.45) is -3.95. The molecule has 0 aliphatic carbocycles. The summed E-state index contributed by atoms with van der Waals surface area (Å²) in [7, 11) is 0. The van der Waals surface area contributed by atoms with E-state index in [9.17, 15) is 18.0 Å². The lowest BCUT2D eigenvalue weighted by atomic mass is 10.0. The van der Waals surface area contributed by atoms with Crippen molar-refractivity contribution < 1.29 is 32.5 Å². The van der Waals surface area contributed by atoms with Gasteiger partial charge < -0.3 is 26.0 Å². The Balaban J connectivity index is 1.54. The molecule has 4 aromatic rings. The van der Waals surface area contributed by atoms with Crippen LogP contribution < -0.4 is 20.9 Å². The van der Waals surface area contributed by atoms with Gasteiger partial charge in [-0.3, -0.25) is 9.78 Å². The van der Waals surface area contributed by atoms with E-state index in [-0.39, 0.29) is 29.5 Å². The standard InChI is InChI=1S/C26H22F3N5O4/c27-26(28,29)23(17-7-9-18(10-8-17)37-19-2-1-11-32-14-19)38-22-13-21(33-25(31)34-22)16-5-3-15(4-6-16)12-20(30)24(35)36/h1-11,13-14,20,23H,12,30H2,(H,35,36)(H2,31,33,34)/t20-,23?/m0/s1. The Labute approximate surface area is 214 Å². The van der Waals surface area contributed by atoms with Crippen molar-refractivity contribution in [2.75, 3.05) is 5.73 Å². The Morgan fingerprint density at radius 1 is 1.00 bits per heavy atom. The zero-order chi connectivity index (χ0) is 27.3. The fraction of sp³-hybridized carbons (Fsp3) is 0.154. The molecule has 0 aliphatic heterocycles. The Morgan fingerprint density at radius 2 is 1.71 bits per heavy atom. The number of nitrogens with zero attached hydrogens (tertiary/aromatic N) is 3. The van der Waals surface area contributed by atoms with Gasteiger partial charge in [0.25, 0.3) is 0 Å². The number of aromatic nitrogens is 3. The summed E-state index contributed by atoms with van der Waals surface area (Å²) in [6.45, 7) is 0. The largest absolute Gasteiger partial charge is 0.480 e. The number of nitrogens with two attached hydrogens (primary N) is 2. The van der Waals surface area contributed by atoms with Crippen LogP contribution in [0.15, 0.2) is 79.1 Å². The number of benzene rings is 2. The number of hydrogen-bond donors (Lipinski definition) is 3. The Bertz CT molecular complexity index is 1390. The van der Waals surface area contributed by atoms with Gasteiger partial charge in [-0.15, -0.1) is 0 Å². The van der Waals surface area contributed by atoms with Crippen LogP contribution in [0.3, 0.4) is 0 Å². The van der Waals surface area contributed by atoms with Gasteiger partial charge in [0.1, 0.15) is 17.5 Å². The smallest absolute Gasteiger partial charge is 0.429 e. The van der Waals surface area contributed by atoms with Crippen LogP contribution in [0.5, 0.6) is 17.4 Å². The lowest BCUT2D eigenvalue weighted by Gasteiger charge is -2.22. The molecular formula is C26H22F3N5O4. The van der Waals surface area contributed by atoms with Gasteiger partial charge in [-0.2, -0.15) is 18.2 Å². The summed E-state index contributed by atoms with van der Waals surface area (Å²) >= 11 is 0. The highest BCUT2D eigenvalue weighted by Crippen LogP contribution is 2.38. The second kappa shape index (κ2) is 11.1. The number of carboxylic acids is 1. The van der Waals surface area contributed by atoms with E-state index in [0.29, 0.717) is 22.6 Å². The molecule has 4 rings (SSSR count). The molecule has 196 valence electrons. The number of ether oxygens (including phenoxy) is 2. The third kappa shape index (κ3) is 6.73. The number of rotatable bonds is 9. The third-order valence-electron chi connectivity index (χ3n) is 5.33. The van der Waals surface area contributed by atoms with Crippen molar-refractivity contribution in [1.82, 2.24) is 15.0 Å². The quantitative estimate of drug-likeness (QED) is 0.286. The van der Waals surface area contributed by atoms with Gasteiger partial charge in [0.15, 0.2) is 0 Å². The Kier molecular flexibility index (Phi) is 7.72. The van der Waals surface area contributed by atoms with Crippen molar-refractivity contribution in [3.63, 3.8) is 0 Å². The first-order valence-electron chi connectivity index (χ1n) is 11.2. The van der Waals surface area contributed by atoms with Crippen molar-refractivity contribution in [1.29, 1.82) is 0 Å². The molecule has 0 aliphatic rings. The molecule has 0 fully saturated rings. The molecule has 38 heavy (non-hydrogen) atoms. The fourth-order valence-electron chi connectivity index (χ4n) is 3.50. The highest BCUT2D eigenvalue weighted by Gasteiger charge is 2.43. The average Bonchev–Trinajstić information content (AvgIpc) is 2.88. The molecule has 5 N–H and O–H groups in total. The first kappa shape index (κ1) is 26.4. The van der Waals surface area contributed by atoms with Gasteiger partial charge in [-0.1, -0.05) is 36.4 Å². The fourth-order valence-corrected chi connectivity index (χ4v) is 3.50. The molecule has 2 heterocycles. The van der Waals surface area contributed by atoms with Crippen LogP contribution in [0.1, 0.15) is 17.2 Å². The van der Waals surface area contributed by atoms with Crippen LogP contribution in [-0.2, 0) is 11.2 Å². The molecule has 0 saturated carbocycles. The number of pyridine rings is 1. The Morgan fingerprint density at radius 3 is 2.32 bits per heavy atom. The van der Waals surface area contributed by atoms with Crippen LogP contribution in [0.2, 0.25) is 0 Å². The van der Waals surface area contributed by atoms with E-state index < -0.39 is 24.3 Å². The van der Waals surface area contributed by atoms with E-state index in [1.54, 1.807) is 42.6 Å². The van der Waals surface area contributed by atoms with Gasteiger partial charge >= 0.3 is 12.1 Å². The van der Waals surface area contributed by atoms with Crippen molar-refractivity contribution in [3.8, 4) is 28.6 Å². The van der Waals surface area contributed by atoms with Crippen LogP contribution in [-0.4, -0.2) is 38.2 Å². The second-order valence-electron chi connectivity index (χ2n) is 8.19. The summed E-state index contributed by atoms with van der Waals surface area (Å²) in [5, 5.41) is 8.96. The maximum atomic E-state index is 14.0. The van der Waals surface area contributed by atoms with Gasteiger partial charge in [0.05, 0.1) is 11.9 Å². The van der Waals surface area contributed by atoms with Gasteiger partial charge in [0.2, 0.25) is 17.9 Å². The topological polar surface area (TPSA) is 146 Å². The molecule has 1 unspecified atom stereocenters. The minimum absolute atomic E-state index is 0.106. The van der Waals surface area contributed by atoms with Crippen molar-refractivity contribution in [2.45, 2.75) is 24.7 Å². The van der Waals surface area contributed by atoms with E-state index in [0.717, 1.165) is 0 Å². The molecule has 0 radical (unpaired) electrons. The zero-order valence-corrected chi connectivity index (χ0v) is 19.7. The molecule has 2 aromatic carbocycles. The predicted molar refractivity (Wildman–Crippen MR) is 131 cm³/mol. The van der Waals surface area contributed by atoms with Crippen LogP contribution >= 0.6 is 0 Å². The third-order valence-corrected chi connectivity index (χ3v) is 5.33. The summed E-state index contributed by atoms with van der Waals surface area (Å²) < 4.78 is 52.8. The highest BCUT2D eigenvalue weighted by molar-refractivity contribution is 5.73. The van der Waals surface area contributed by atoms with Crippen LogP contribution in [0.4, 0.5) is 19.1 Å². The lowest BCUT2D eigenvalue weighted by Crippen LogP contribution is -2.32. The van der Waals surface area contributed by atoms with E-state index >= 15 is 0 Å². The molecule has 9 nitrogen and oxygen atoms in total. The molecule has 12 heteroatoms. The maximum absolute atomic E-state index is 14.0. The van der Waals surface area contributed by atoms with Crippen molar-refractivity contribution in [3.05, 3.63) is 90.3 Å². The predicted octanol–water partition coefficient (Wildman–Crippen LogP) is 4.55. The molecule has 0 bridgehead atoms. The SMILES string of the molecule is Nc1nc(OC(c2ccc(Oc3cccnc3)cc2)C(F)(F)F)cc(-c2ccc(C[C@H](N)C(=O)O)cc2)n1. The lowest BCUT2D eigenvalue weighted by molar-refractivity contribution is -0.198. The molecule has 0 amide bonds. The number of carboxylic acid groups (broad SMARTS) is 1. The van der Waals surface area contributed by atoms with Crippen molar-refractivity contribution >= 4 is 11.9 Å². The summed E-state index contributed by atoms with van der Waals surface area (Å²) in [5.41, 5.74) is 12.5. The number of halogens is 3. The monoisotopic (exact) mass is 525 g/mol. The van der Waals surface area contributed by atoms with Gasteiger partial charge in [-0.05, 0) is 36.2 Å². The Hall–Kier alpha value is -4.71. The normalized spacial score (nSPS) is 12.9. The zero-order valence-electron chi connectivity index (χ0n) is 19.7. The van der Waals surface area contributed by atoms with Gasteiger partial charge in [0, 0.05) is 23.4 Å². The van der Waals surface area contributed by atoms with E-state index in [2.05, 4.69) is 15.0 Å². The number of aliphatic carboxylic acids is 1. The summed E-state index contributed by atoms with van der Waals surface area (Å²) in [5.74, 6) is -1.03. The average molecular weight is 525 g/mol. The van der Waals surface area contributed by atoms with Gasteiger partial charge in [-0.25, -0.2) is 4.98 Å². The second-order valence-corrected chi connectivity index (χ2v) is 8.19. The van der Waals surface area contributed by atoms with E-state index in [1.807, 2.05) is 0 Å². The minimum atomic E-state index is -4.77. The summed E-state index contributed by atoms with van der Waals surface area (Å²) in [6, 6.07) is 15.3. The number of nitrogen functional groups attached to an aromatic ring is 1. The summed E-state index contributed by atoms with van der Waals surface area (Å²) in [4.78, 5) is 22.8. The highest BCUT2D eigenvalue weighted by atomic mass is 19.4. The molecular weight excluding hydrogens is 503 g/mol. The van der Waals surface area contributed by atoms with Crippen LogP contribution in [0.25, 0.3) is 11.3 Å². The molecule has 0 saturated heterocycles.